The van der Waals surface area contributed by atoms with Crippen molar-refractivity contribution in [1.29, 1.82) is 0 Å². The SMILES string of the molecule is Cc1c(N=C2SC[C@H]([C@@H](C)O)N2CC(C)C)ccc([N+](=O)[O-])c1C. The molecular formula is C17H25N3O3S. The maximum Gasteiger partial charge on any atom is 0.272 e. The summed E-state index contributed by atoms with van der Waals surface area (Å²) in [4.78, 5) is 17.6. The van der Waals surface area contributed by atoms with Gasteiger partial charge in [0.1, 0.15) is 0 Å². The zero-order valence-corrected chi connectivity index (χ0v) is 15.6. The summed E-state index contributed by atoms with van der Waals surface area (Å²) in [5.74, 6) is 1.25. The van der Waals surface area contributed by atoms with E-state index in [1.54, 1.807) is 24.8 Å². The number of nitro benzene ring substituents is 1. The fourth-order valence-electron chi connectivity index (χ4n) is 2.79. The molecule has 0 spiro atoms. The molecular weight excluding hydrogens is 326 g/mol. The van der Waals surface area contributed by atoms with Crippen molar-refractivity contribution in [3.8, 4) is 0 Å². The highest BCUT2D eigenvalue weighted by Gasteiger charge is 2.33. The molecule has 0 radical (unpaired) electrons. The molecule has 1 aromatic carbocycles. The molecule has 1 saturated heterocycles. The molecule has 0 unspecified atom stereocenters. The second-order valence-corrected chi connectivity index (χ2v) is 7.66. The predicted molar refractivity (Wildman–Crippen MR) is 99.1 cm³/mol. The van der Waals surface area contributed by atoms with Gasteiger partial charge in [0, 0.05) is 23.9 Å². The molecule has 0 aliphatic carbocycles. The Hall–Kier alpha value is -1.60. The lowest BCUT2D eigenvalue weighted by atomic mass is 10.1. The Morgan fingerprint density at radius 3 is 2.58 bits per heavy atom. The first-order valence-electron chi connectivity index (χ1n) is 8.13. The third-order valence-corrected chi connectivity index (χ3v) is 5.38. The van der Waals surface area contributed by atoms with Crippen molar-refractivity contribution in [3.05, 3.63) is 33.4 Å². The van der Waals surface area contributed by atoms with Crippen LogP contribution in [0.4, 0.5) is 11.4 Å². The lowest BCUT2D eigenvalue weighted by Crippen LogP contribution is -2.43. The lowest BCUT2D eigenvalue weighted by molar-refractivity contribution is -0.385. The van der Waals surface area contributed by atoms with Gasteiger partial charge in [-0.05, 0) is 38.3 Å². The van der Waals surface area contributed by atoms with E-state index in [0.717, 1.165) is 28.7 Å². The molecule has 1 N–H and O–H groups in total. The normalized spacial score (nSPS) is 20.9. The van der Waals surface area contributed by atoms with Crippen molar-refractivity contribution < 1.29 is 10.0 Å². The fourth-order valence-corrected chi connectivity index (χ4v) is 4.11. The van der Waals surface area contributed by atoms with Crippen LogP contribution in [-0.4, -0.2) is 44.5 Å². The molecule has 132 valence electrons. The molecule has 1 aliphatic heterocycles. The van der Waals surface area contributed by atoms with E-state index < -0.39 is 6.10 Å². The van der Waals surface area contributed by atoms with E-state index in [2.05, 4.69) is 18.7 Å². The first-order valence-corrected chi connectivity index (χ1v) is 9.11. The first-order chi connectivity index (χ1) is 11.2. The lowest BCUT2D eigenvalue weighted by Gasteiger charge is -2.29. The van der Waals surface area contributed by atoms with Crippen molar-refractivity contribution in [1.82, 2.24) is 4.90 Å². The van der Waals surface area contributed by atoms with Crippen LogP contribution in [0.1, 0.15) is 31.9 Å². The number of aliphatic imine (C=N–C) groups is 1. The summed E-state index contributed by atoms with van der Waals surface area (Å²) in [7, 11) is 0. The molecule has 1 aliphatic rings. The van der Waals surface area contributed by atoms with E-state index in [1.807, 2.05) is 13.8 Å². The van der Waals surface area contributed by atoms with Crippen LogP contribution in [0.5, 0.6) is 0 Å². The third-order valence-electron chi connectivity index (χ3n) is 4.29. The number of hydrogen-bond acceptors (Lipinski definition) is 5. The maximum atomic E-state index is 11.1. The van der Waals surface area contributed by atoms with Gasteiger partial charge in [0.15, 0.2) is 5.17 Å². The van der Waals surface area contributed by atoms with Gasteiger partial charge >= 0.3 is 0 Å². The van der Waals surface area contributed by atoms with E-state index in [0.29, 0.717) is 11.5 Å². The summed E-state index contributed by atoms with van der Waals surface area (Å²) in [6.07, 6.45) is -0.427. The summed E-state index contributed by atoms with van der Waals surface area (Å²) in [6.45, 7) is 10.5. The summed E-state index contributed by atoms with van der Waals surface area (Å²) < 4.78 is 0. The third kappa shape index (κ3) is 3.89. The molecule has 2 rings (SSSR count). The van der Waals surface area contributed by atoms with Crippen molar-refractivity contribution in [2.45, 2.75) is 46.8 Å². The number of thioether (sulfide) groups is 1. The topological polar surface area (TPSA) is 79.0 Å². The van der Waals surface area contributed by atoms with Crippen LogP contribution in [0.3, 0.4) is 0 Å². The summed E-state index contributed by atoms with van der Waals surface area (Å²) >= 11 is 1.63. The van der Waals surface area contributed by atoms with Gasteiger partial charge in [-0.1, -0.05) is 25.6 Å². The number of nitro groups is 1. The second-order valence-electron chi connectivity index (χ2n) is 6.67. The second kappa shape index (κ2) is 7.53. The predicted octanol–water partition coefficient (Wildman–Crippen LogP) is 3.65. The smallest absolute Gasteiger partial charge is 0.272 e. The number of aliphatic hydroxyl groups excluding tert-OH is 1. The standard InChI is InChI=1S/C17H25N3O3S/c1-10(2)8-19-16(13(5)21)9-24-17(19)18-14-6-7-15(20(22)23)12(4)11(14)3/h6-7,10,13,16,21H,8-9H2,1-5H3/t13-,16-/m1/s1. The Labute approximate surface area is 147 Å². The van der Waals surface area contributed by atoms with Gasteiger partial charge in [0.2, 0.25) is 0 Å². The number of rotatable bonds is 5. The number of benzene rings is 1. The molecule has 1 heterocycles. The van der Waals surface area contributed by atoms with Gasteiger partial charge in [0.25, 0.3) is 5.69 Å². The zero-order chi connectivity index (χ0) is 18.0. The number of nitrogens with zero attached hydrogens (tertiary/aromatic N) is 3. The Balaban J connectivity index is 2.39. The molecule has 0 bridgehead atoms. The Kier molecular flexibility index (Phi) is 5.87. The van der Waals surface area contributed by atoms with Crippen LogP contribution < -0.4 is 0 Å². The quantitative estimate of drug-likeness (QED) is 0.647. The van der Waals surface area contributed by atoms with Gasteiger partial charge < -0.3 is 10.0 Å². The number of hydrogen-bond donors (Lipinski definition) is 1. The first kappa shape index (κ1) is 18.7. The highest BCUT2D eigenvalue weighted by Crippen LogP contribution is 2.33. The summed E-state index contributed by atoms with van der Waals surface area (Å²) in [5.41, 5.74) is 2.34. The Morgan fingerprint density at radius 2 is 2.04 bits per heavy atom. The van der Waals surface area contributed by atoms with Crippen LogP contribution in [-0.2, 0) is 0 Å². The minimum atomic E-state index is -0.427. The van der Waals surface area contributed by atoms with E-state index in [9.17, 15) is 15.2 Å². The molecule has 1 fully saturated rings. The average molecular weight is 351 g/mol. The molecule has 24 heavy (non-hydrogen) atoms. The largest absolute Gasteiger partial charge is 0.391 e. The van der Waals surface area contributed by atoms with E-state index >= 15 is 0 Å². The summed E-state index contributed by atoms with van der Waals surface area (Å²) in [6, 6.07) is 3.27. The molecule has 1 aromatic rings. The van der Waals surface area contributed by atoms with Gasteiger partial charge in [-0.2, -0.15) is 0 Å². The van der Waals surface area contributed by atoms with E-state index in [4.69, 9.17) is 4.99 Å². The highest BCUT2D eigenvalue weighted by atomic mass is 32.2. The van der Waals surface area contributed by atoms with E-state index in [1.165, 1.54) is 6.07 Å². The number of amidine groups is 1. The van der Waals surface area contributed by atoms with Gasteiger partial charge in [0.05, 0.1) is 22.8 Å². The van der Waals surface area contributed by atoms with Crippen LogP contribution in [0.25, 0.3) is 0 Å². The molecule has 0 saturated carbocycles. The van der Waals surface area contributed by atoms with Crippen LogP contribution in [0.15, 0.2) is 17.1 Å². The highest BCUT2D eigenvalue weighted by molar-refractivity contribution is 8.14. The monoisotopic (exact) mass is 351 g/mol. The number of aliphatic hydroxyl groups is 1. The molecule has 6 nitrogen and oxygen atoms in total. The minimum absolute atomic E-state index is 0.0515. The average Bonchev–Trinajstić information content (AvgIpc) is 2.86. The minimum Gasteiger partial charge on any atom is -0.391 e. The molecule has 2 atom stereocenters. The van der Waals surface area contributed by atoms with E-state index in [-0.39, 0.29) is 16.7 Å². The zero-order valence-electron chi connectivity index (χ0n) is 14.8. The Morgan fingerprint density at radius 1 is 1.38 bits per heavy atom. The van der Waals surface area contributed by atoms with Crippen molar-refractivity contribution in [2.75, 3.05) is 12.3 Å². The van der Waals surface area contributed by atoms with Gasteiger partial charge in [-0.25, -0.2) is 4.99 Å². The molecule has 0 aromatic heterocycles. The van der Waals surface area contributed by atoms with Gasteiger partial charge in [-0.15, -0.1) is 0 Å². The van der Waals surface area contributed by atoms with Crippen molar-refractivity contribution in [3.63, 3.8) is 0 Å². The molecule has 7 heteroatoms. The van der Waals surface area contributed by atoms with Crippen LogP contribution >= 0.6 is 11.8 Å². The van der Waals surface area contributed by atoms with Gasteiger partial charge in [-0.3, -0.25) is 10.1 Å². The van der Waals surface area contributed by atoms with Crippen LogP contribution in [0, 0.1) is 29.9 Å². The van der Waals surface area contributed by atoms with Crippen molar-refractivity contribution >= 4 is 28.3 Å². The van der Waals surface area contributed by atoms with Crippen molar-refractivity contribution in [2.24, 2.45) is 10.9 Å². The Bertz CT molecular complexity index is 659. The summed E-state index contributed by atoms with van der Waals surface area (Å²) in [5, 5.41) is 22.0. The molecule has 0 amide bonds. The fraction of sp³-hybridized carbons (Fsp3) is 0.588. The van der Waals surface area contributed by atoms with Crippen LogP contribution in [0.2, 0.25) is 0 Å². The maximum absolute atomic E-state index is 11.1.